The van der Waals surface area contributed by atoms with Crippen LogP contribution in [0.3, 0.4) is 0 Å². The SMILES string of the molecule is Cc1cc(C(=O)N2CCCC(N3CCNCC3=O)C2)ccc1-n1cncn1. The zero-order valence-electron chi connectivity index (χ0n) is 15.5. The number of piperidine rings is 1. The molecule has 0 radical (unpaired) electrons. The molecule has 2 amide bonds. The molecule has 1 aromatic heterocycles. The molecule has 0 bridgehead atoms. The van der Waals surface area contributed by atoms with Crippen molar-refractivity contribution in [1.29, 1.82) is 0 Å². The molecule has 8 heteroatoms. The summed E-state index contributed by atoms with van der Waals surface area (Å²) in [5.74, 6) is 0.157. The Labute approximate surface area is 158 Å². The molecule has 3 heterocycles. The van der Waals surface area contributed by atoms with Gasteiger partial charge in [-0.3, -0.25) is 9.59 Å². The quantitative estimate of drug-likeness (QED) is 0.858. The number of rotatable bonds is 3. The number of aryl methyl sites for hydroxylation is 1. The second-order valence-corrected chi connectivity index (χ2v) is 7.15. The molecular formula is C19H24N6O2. The topological polar surface area (TPSA) is 83.4 Å². The van der Waals surface area contributed by atoms with Gasteiger partial charge in [-0.15, -0.1) is 0 Å². The fraction of sp³-hybridized carbons (Fsp3) is 0.474. The molecule has 1 aromatic carbocycles. The summed E-state index contributed by atoms with van der Waals surface area (Å²) in [5.41, 5.74) is 2.55. The number of aromatic nitrogens is 3. The first-order chi connectivity index (χ1) is 13.1. The first kappa shape index (κ1) is 17.7. The molecule has 0 spiro atoms. The van der Waals surface area contributed by atoms with Gasteiger partial charge >= 0.3 is 0 Å². The van der Waals surface area contributed by atoms with Crippen LogP contribution in [0.15, 0.2) is 30.9 Å². The predicted molar refractivity (Wildman–Crippen MR) is 99.6 cm³/mol. The van der Waals surface area contributed by atoms with E-state index >= 15 is 0 Å². The summed E-state index contributed by atoms with van der Waals surface area (Å²) in [4.78, 5) is 33.0. The molecule has 142 valence electrons. The first-order valence-electron chi connectivity index (χ1n) is 9.38. The van der Waals surface area contributed by atoms with Gasteiger partial charge in [-0.1, -0.05) is 0 Å². The normalized spacial score (nSPS) is 20.8. The minimum Gasteiger partial charge on any atom is -0.337 e. The van der Waals surface area contributed by atoms with Gasteiger partial charge in [-0.25, -0.2) is 9.67 Å². The minimum absolute atomic E-state index is 0.0236. The van der Waals surface area contributed by atoms with Crippen LogP contribution in [0.4, 0.5) is 0 Å². The van der Waals surface area contributed by atoms with E-state index in [9.17, 15) is 9.59 Å². The van der Waals surface area contributed by atoms with Crippen LogP contribution in [-0.4, -0.2) is 75.1 Å². The highest BCUT2D eigenvalue weighted by Crippen LogP contribution is 2.21. The third kappa shape index (κ3) is 3.57. The van der Waals surface area contributed by atoms with Crippen LogP contribution in [0.1, 0.15) is 28.8 Å². The molecule has 2 fully saturated rings. The van der Waals surface area contributed by atoms with Gasteiger partial charge in [-0.2, -0.15) is 5.10 Å². The summed E-state index contributed by atoms with van der Waals surface area (Å²) >= 11 is 0. The number of likely N-dealkylation sites (tertiary alicyclic amines) is 1. The summed E-state index contributed by atoms with van der Waals surface area (Å²) in [6.07, 6.45) is 5.01. The lowest BCUT2D eigenvalue weighted by Gasteiger charge is -2.41. The second-order valence-electron chi connectivity index (χ2n) is 7.15. The van der Waals surface area contributed by atoms with Crippen molar-refractivity contribution < 1.29 is 9.59 Å². The Morgan fingerprint density at radius 2 is 2.19 bits per heavy atom. The van der Waals surface area contributed by atoms with E-state index in [1.807, 2.05) is 34.9 Å². The first-order valence-corrected chi connectivity index (χ1v) is 9.38. The third-order valence-electron chi connectivity index (χ3n) is 5.36. The number of carbonyl (C=O) groups excluding carboxylic acids is 2. The van der Waals surface area contributed by atoms with Crippen LogP contribution in [0.25, 0.3) is 5.69 Å². The number of hydrogen-bond acceptors (Lipinski definition) is 5. The maximum absolute atomic E-state index is 13.0. The van der Waals surface area contributed by atoms with E-state index in [1.165, 1.54) is 6.33 Å². The number of benzene rings is 1. The van der Waals surface area contributed by atoms with Crippen molar-refractivity contribution >= 4 is 11.8 Å². The third-order valence-corrected chi connectivity index (χ3v) is 5.36. The van der Waals surface area contributed by atoms with Gasteiger partial charge < -0.3 is 15.1 Å². The van der Waals surface area contributed by atoms with E-state index in [4.69, 9.17) is 0 Å². The molecule has 2 saturated heterocycles. The van der Waals surface area contributed by atoms with Crippen LogP contribution in [0, 0.1) is 6.92 Å². The summed E-state index contributed by atoms with van der Waals surface area (Å²) in [6, 6.07) is 5.76. The molecule has 4 rings (SSSR count). The molecule has 1 unspecified atom stereocenters. The lowest BCUT2D eigenvalue weighted by Crippen LogP contribution is -2.57. The zero-order chi connectivity index (χ0) is 18.8. The van der Waals surface area contributed by atoms with Gasteiger partial charge in [0.25, 0.3) is 5.91 Å². The molecule has 2 aliphatic heterocycles. The lowest BCUT2D eigenvalue weighted by atomic mass is 10.0. The number of amides is 2. The highest BCUT2D eigenvalue weighted by molar-refractivity contribution is 5.95. The zero-order valence-corrected chi connectivity index (χ0v) is 15.5. The van der Waals surface area contributed by atoms with Crippen molar-refractivity contribution in [3.8, 4) is 5.69 Å². The van der Waals surface area contributed by atoms with Gasteiger partial charge in [0, 0.05) is 37.8 Å². The molecule has 2 aliphatic rings. The number of nitrogens with zero attached hydrogens (tertiary/aromatic N) is 5. The monoisotopic (exact) mass is 368 g/mol. The fourth-order valence-electron chi connectivity index (χ4n) is 3.96. The maximum atomic E-state index is 13.0. The summed E-state index contributed by atoms with van der Waals surface area (Å²) in [7, 11) is 0. The minimum atomic E-state index is 0.0236. The van der Waals surface area contributed by atoms with E-state index in [0.29, 0.717) is 18.7 Å². The van der Waals surface area contributed by atoms with E-state index in [0.717, 1.165) is 43.7 Å². The van der Waals surface area contributed by atoms with E-state index in [-0.39, 0.29) is 17.9 Å². The van der Waals surface area contributed by atoms with Crippen LogP contribution >= 0.6 is 0 Å². The predicted octanol–water partition coefficient (Wildman–Crippen LogP) is 0.612. The average Bonchev–Trinajstić information content (AvgIpc) is 3.22. The molecule has 8 nitrogen and oxygen atoms in total. The molecule has 1 N–H and O–H groups in total. The van der Waals surface area contributed by atoms with Crippen LogP contribution in [-0.2, 0) is 4.79 Å². The van der Waals surface area contributed by atoms with Gasteiger partial charge in [0.05, 0.1) is 12.2 Å². The smallest absolute Gasteiger partial charge is 0.253 e. The number of nitrogens with one attached hydrogen (secondary N) is 1. The Bertz CT molecular complexity index is 835. The van der Waals surface area contributed by atoms with Crippen molar-refractivity contribution in [2.24, 2.45) is 0 Å². The average molecular weight is 368 g/mol. The van der Waals surface area contributed by atoms with Crippen molar-refractivity contribution in [3.63, 3.8) is 0 Å². The molecule has 1 atom stereocenters. The van der Waals surface area contributed by atoms with Crippen LogP contribution in [0.5, 0.6) is 0 Å². The van der Waals surface area contributed by atoms with Crippen molar-refractivity contribution in [2.75, 3.05) is 32.7 Å². The second kappa shape index (κ2) is 7.48. The Kier molecular flexibility index (Phi) is 4.89. The van der Waals surface area contributed by atoms with Gasteiger partial charge in [0.1, 0.15) is 12.7 Å². The Balaban J connectivity index is 1.49. The van der Waals surface area contributed by atoms with E-state index in [1.54, 1.807) is 11.0 Å². The van der Waals surface area contributed by atoms with Gasteiger partial charge in [-0.05, 0) is 43.5 Å². The Morgan fingerprint density at radius 3 is 2.93 bits per heavy atom. The van der Waals surface area contributed by atoms with E-state index in [2.05, 4.69) is 15.4 Å². The molecule has 0 saturated carbocycles. The lowest BCUT2D eigenvalue weighted by molar-refractivity contribution is -0.135. The highest BCUT2D eigenvalue weighted by atomic mass is 16.2. The largest absolute Gasteiger partial charge is 0.337 e. The Morgan fingerprint density at radius 1 is 1.30 bits per heavy atom. The summed E-state index contributed by atoms with van der Waals surface area (Å²) in [6.45, 7) is 5.24. The van der Waals surface area contributed by atoms with Crippen molar-refractivity contribution in [3.05, 3.63) is 42.0 Å². The number of hydrogen-bond donors (Lipinski definition) is 1. The summed E-state index contributed by atoms with van der Waals surface area (Å²) < 4.78 is 1.69. The number of piperazine rings is 1. The van der Waals surface area contributed by atoms with Gasteiger partial charge in [0.2, 0.25) is 5.91 Å². The molecule has 0 aliphatic carbocycles. The fourth-order valence-corrected chi connectivity index (χ4v) is 3.96. The number of carbonyl (C=O) groups is 2. The van der Waals surface area contributed by atoms with Crippen molar-refractivity contribution in [2.45, 2.75) is 25.8 Å². The van der Waals surface area contributed by atoms with Crippen LogP contribution in [0.2, 0.25) is 0 Å². The Hall–Kier alpha value is -2.74. The molecule has 2 aromatic rings. The van der Waals surface area contributed by atoms with Gasteiger partial charge in [0.15, 0.2) is 0 Å². The highest BCUT2D eigenvalue weighted by Gasteiger charge is 2.32. The molecular weight excluding hydrogens is 344 g/mol. The van der Waals surface area contributed by atoms with Crippen molar-refractivity contribution in [1.82, 2.24) is 29.9 Å². The van der Waals surface area contributed by atoms with E-state index < -0.39 is 0 Å². The molecule has 27 heavy (non-hydrogen) atoms. The van der Waals surface area contributed by atoms with Crippen LogP contribution < -0.4 is 5.32 Å². The standard InChI is InChI=1S/C19H24N6O2/c1-14-9-15(4-5-17(14)25-13-21-12-22-25)19(27)23-7-2-3-16(11-23)24-8-6-20-10-18(24)26/h4-5,9,12-13,16,20H,2-3,6-8,10-11H2,1H3. The maximum Gasteiger partial charge on any atom is 0.253 e. The summed E-state index contributed by atoms with van der Waals surface area (Å²) in [5, 5.41) is 7.25.